The Kier molecular flexibility index (Phi) is 5.94. The van der Waals surface area contributed by atoms with Crippen LogP contribution >= 0.6 is 0 Å². The smallest absolute Gasteiger partial charge is 0.229 e. The zero-order chi connectivity index (χ0) is 21.9. The number of nitriles is 1. The molecule has 1 heterocycles. The summed E-state index contributed by atoms with van der Waals surface area (Å²) in [5, 5.41) is 9.47. The van der Waals surface area contributed by atoms with Crippen molar-refractivity contribution in [1.29, 1.82) is 5.26 Å². The number of anilines is 1. The van der Waals surface area contributed by atoms with Gasteiger partial charge in [-0.1, -0.05) is 6.07 Å². The Morgan fingerprint density at radius 2 is 1.83 bits per heavy atom. The average Bonchev–Trinajstić information content (AvgIpc) is 3.07. The van der Waals surface area contributed by atoms with E-state index in [0.717, 1.165) is 17.5 Å². The number of ketones is 1. The number of aromatic nitrogens is 1. The Morgan fingerprint density at radius 3 is 2.43 bits per heavy atom. The molecule has 2 aromatic carbocycles. The molecule has 0 radical (unpaired) electrons. The molecule has 0 amide bonds. The molecule has 0 spiro atoms. The van der Waals surface area contributed by atoms with Crippen LogP contribution in [0.1, 0.15) is 32.9 Å². The predicted octanol–water partition coefficient (Wildman–Crippen LogP) is 3.10. The van der Waals surface area contributed by atoms with Crippen LogP contribution in [0.3, 0.4) is 0 Å². The number of ether oxygens (including phenoxy) is 1. The van der Waals surface area contributed by atoms with Gasteiger partial charge >= 0.3 is 0 Å². The number of methoxy groups -OCH3 is 1. The number of hydrogen-bond acceptors (Lipinski definition) is 5. The summed E-state index contributed by atoms with van der Waals surface area (Å²) in [6.45, 7) is 0. The van der Waals surface area contributed by atoms with Gasteiger partial charge in [-0.05, 0) is 54.1 Å². The van der Waals surface area contributed by atoms with E-state index in [1.807, 2.05) is 6.07 Å². The average molecular weight is 423 g/mol. The Hall–Kier alpha value is -3.57. The summed E-state index contributed by atoms with van der Waals surface area (Å²) in [5.41, 5.74) is 3.38. The standard InChI is InChI=1S/C22H21N3O4S/c1-25-19(8-11-21(25)22(26)15-5-9-20(29-2)10-6-15)13-16-4-7-18(12-17(16)14-23)24-30(3,27)28/h4-12,24H,13H2,1-3H3. The maximum atomic E-state index is 12.9. The van der Waals surface area contributed by atoms with Gasteiger partial charge in [-0.2, -0.15) is 5.26 Å². The van der Waals surface area contributed by atoms with Crippen molar-refractivity contribution in [3.05, 3.63) is 82.7 Å². The van der Waals surface area contributed by atoms with Gasteiger partial charge in [0.1, 0.15) is 5.75 Å². The van der Waals surface area contributed by atoms with Crippen molar-refractivity contribution in [2.45, 2.75) is 6.42 Å². The lowest BCUT2D eigenvalue weighted by Crippen LogP contribution is -2.11. The SMILES string of the molecule is COc1ccc(C(=O)c2ccc(Cc3ccc(NS(C)(=O)=O)cc3C#N)n2C)cc1. The van der Waals surface area contributed by atoms with Crippen molar-refractivity contribution in [1.82, 2.24) is 4.57 Å². The number of nitrogens with one attached hydrogen (secondary N) is 1. The molecule has 154 valence electrons. The summed E-state index contributed by atoms with van der Waals surface area (Å²) >= 11 is 0. The normalized spacial score (nSPS) is 11.0. The van der Waals surface area contributed by atoms with Gasteiger partial charge in [0.15, 0.2) is 0 Å². The first-order valence-corrected chi connectivity index (χ1v) is 10.9. The van der Waals surface area contributed by atoms with Crippen LogP contribution in [-0.4, -0.2) is 32.1 Å². The Morgan fingerprint density at radius 1 is 1.13 bits per heavy atom. The minimum absolute atomic E-state index is 0.111. The number of carbonyl (C=O) groups is 1. The zero-order valence-corrected chi connectivity index (χ0v) is 17.7. The molecule has 1 aromatic heterocycles. The fraction of sp³-hybridized carbons (Fsp3) is 0.182. The van der Waals surface area contributed by atoms with Gasteiger partial charge < -0.3 is 9.30 Å². The summed E-state index contributed by atoms with van der Waals surface area (Å²) < 4.78 is 32.1. The second kappa shape index (κ2) is 8.43. The second-order valence-corrected chi connectivity index (χ2v) is 8.61. The van der Waals surface area contributed by atoms with Crippen LogP contribution in [0.25, 0.3) is 0 Å². The van der Waals surface area contributed by atoms with Gasteiger partial charge in [-0.25, -0.2) is 8.42 Å². The van der Waals surface area contributed by atoms with Crippen molar-refractivity contribution in [2.75, 3.05) is 18.1 Å². The van der Waals surface area contributed by atoms with Crippen LogP contribution in [0, 0.1) is 11.3 Å². The molecule has 0 atom stereocenters. The van der Waals surface area contributed by atoms with E-state index in [0.29, 0.717) is 34.7 Å². The molecule has 3 aromatic rings. The first-order chi connectivity index (χ1) is 14.2. The first-order valence-electron chi connectivity index (χ1n) is 9.06. The lowest BCUT2D eigenvalue weighted by atomic mass is 10.0. The molecular weight excluding hydrogens is 402 g/mol. The Balaban J connectivity index is 1.86. The third kappa shape index (κ3) is 4.70. The molecular formula is C22H21N3O4S. The van der Waals surface area contributed by atoms with Gasteiger partial charge in [0, 0.05) is 30.4 Å². The van der Waals surface area contributed by atoms with E-state index in [1.54, 1.807) is 61.2 Å². The minimum Gasteiger partial charge on any atom is -0.497 e. The fourth-order valence-corrected chi connectivity index (χ4v) is 3.71. The largest absolute Gasteiger partial charge is 0.497 e. The fourth-order valence-electron chi connectivity index (χ4n) is 3.16. The third-order valence-corrected chi connectivity index (χ3v) is 5.32. The number of benzene rings is 2. The van der Waals surface area contributed by atoms with Crippen molar-refractivity contribution in [2.24, 2.45) is 7.05 Å². The van der Waals surface area contributed by atoms with Crippen molar-refractivity contribution in [3.8, 4) is 11.8 Å². The van der Waals surface area contributed by atoms with Crippen LogP contribution in [-0.2, 0) is 23.5 Å². The summed E-state index contributed by atoms with van der Waals surface area (Å²) in [5.74, 6) is 0.566. The molecule has 0 aliphatic rings. The number of rotatable bonds is 7. The van der Waals surface area contributed by atoms with E-state index in [-0.39, 0.29) is 5.78 Å². The van der Waals surface area contributed by atoms with Gasteiger partial charge in [-0.3, -0.25) is 9.52 Å². The number of hydrogen-bond donors (Lipinski definition) is 1. The van der Waals surface area contributed by atoms with Crippen LogP contribution in [0.4, 0.5) is 5.69 Å². The highest BCUT2D eigenvalue weighted by atomic mass is 32.2. The predicted molar refractivity (Wildman–Crippen MR) is 114 cm³/mol. The van der Waals surface area contributed by atoms with E-state index >= 15 is 0 Å². The molecule has 0 bridgehead atoms. The number of sulfonamides is 1. The van der Waals surface area contributed by atoms with Gasteiger partial charge in [-0.15, -0.1) is 0 Å². The molecule has 0 saturated heterocycles. The highest BCUT2D eigenvalue weighted by Gasteiger charge is 2.16. The van der Waals surface area contributed by atoms with Gasteiger partial charge in [0.25, 0.3) is 0 Å². The van der Waals surface area contributed by atoms with Crippen LogP contribution in [0.2, 0.25) is 0 Å². The minimum atomic E-state index is -3.43. The molecule has 0 aliphatic carbocycles. The maximum absolute atomic E-state index is 12.9. The van der Waals surface area contributed by atoms with E-state index in [4.69, 9.17) is 4.74 Å². The van der Waals surface area contributed by atoms with Crippen molar-refractivity contribution < 1.29 is 17.9 Å². The molecule has 1 N–H and O–H groups in total. The van der Waals surface area contributed by atoms with Crippen molar-refractivity contribution >= 4 is 21.5 Å². The number of nitrogens with zero attached hydrogens (tertiary/aromatic N) is 2. The van der Waals surface area contributed by atoms with E-state index in [9.17, 15) is 18.5 Å². The topological polar surface area (TPSA) is 101 Å². The summed E-state index contributed by atoms with van der Waals surface area (Å²) in [6.07, 6.45) is 1.48. The third-order valence-electron chi connectivity index (χ3n) is 4.72. The molecule has 0 unspecified atom stereocenters. The van der Waals surface area contributed by atoms with Crippen LogP contribution in [0.15, 0.2) is 54.6 Å². The lowest BCUT2D eigenvalue weighted by Gasteiger charge is -2.10. The van der Waals surface area contributed by atoms with Gasteiger partial charge in [0.2, 0.25) is 15.8 Å². The molecule has 0 saturated carbocycles. The van der Waals surface area contributed by atoms with Crippen LogP contribution in [0.5, 0.6) is 5.75 Å². The summed E-state index contributed by atoms with van der Waals surface area (Å²) in [6, 6.07) is 17.5. The summed E-state index contributed by atoms with van der Waals surface area (Å²) in [4.78, 5) is 12.9. The zero-order valence-electron chi connectivity index (χ0n) is 16.8. The van der Waals surface area contributed by atoms with E-state index in [1.165, 1.54) is 6.07 Å². The molecule has 0 fully saturated rings. The summed E-state index contributed by atoms with van der Waals surface area (Å²) in [7, 11) is -0.0542. The highest BCUT2D eigenvalue weighted by molar-refractivity contribution is 7.92. The molecule has 0 aliphatic heterocycles. The van der Waals surface area contributed by atoms with E-state index in [2.05, 4.69) is 10.8 Å². The maximum Gasteiger partial charge on any atom is 0.229 e. The second-order valence-electron chi connectivity index (χ2n) is 6.86. The molecule has 30 heavy (non-hydrogen) atoms. The Bertz CT molecular complexity index is 1240. The van der Waals surface area contributed by atoms with Crippen LogP contribution < -0.4 is 9.46 Å². The lowest BCUT2D eigenvalue weighted by molar-refractivity contribution is 0.103. The first kappa shape index (κ1) is 21.1. The Labute approximate surface area is 175 Å². The molecule has 8 heteroatoms. The monoisotopic (exact) mass is 423 g/mol. The van der Waals surface area contributed by atoms with E-state index < -0.39 is 10.0 Å². The number of carbonyl (C=O) groups excluding carboxylic acids is 1. The molecule has 7 nitrogen and oxygen atoms in total. The van der Waals surface area contributed by atoms with Gasteiger partial charge in [0.05, 0.1) is 30.7 Å². The quantitative estimate of drug-likeness (QED) is 0.589. The van der Waals surface area contributed by atoms with Crippen molar-refractivity contribution in [3.63, 3.8) is 0 Å². The highest BCUT2D eigenvalue weighted by Crippen LogP contribution is 2.22. The molecule has 3 rings (SSSR count).